The zero-order valence-corrected chi connectivity index (χ0v) is 17.1. The summed E-state index contributed by atoms with van der Waals surface area (Å²) >= 11 is 1.88. The van der Waals surface area contributed by atoms with Crippen molar-refractivity contribution in [3.05, 3.63) is 30.3 Å². The molecule has 0 aromatic heterocycles. The summed E-state index contributed by atoms with van der Waals surface area (Å²) < 4.78 is 0. The number of halogens is 1. The highest BCUT2D eigenvalue weighted by Gasteiger charge is 2.22. The number of hydrogen-bond acceptors (Lipinski definition) is 3. The predicted molar refractivity (Wildman–Crippen MR) is 112 cm³/mol. The van der Waals surface area contributed by atoms with Gasteiger partial charge in [0, 0.05) is 17.5 Å². The minimum Gasteiger partial charge on any atom is -0.370 e. The Kier molecular flexibility index (Phi) is 10.7. The van der Waals surface area contributed by atoms with Crippen LogP contribution in [0, 0.1) is 0 Å². The molecule has 1 heterocycles. The first-order valence-corrected chi connectivity index (χ1v) is 9.24. The molecule has 0 amide bonds. The van der Waals surface area contributed by atoms with Gasteiger partial charge in [-0.2, -0.15) is 0 Å². The quantitative estimate of drug-likeness (QED) is 0.211. The van der Waals surface area contributed by atoms with E-state index in [1.165, 1.54) is 24.3 Å². The minimum atomic E-state index is 0. The van der Waals surface area contributed by atoms with Gasteiger partial charge in [-0.05, 0) is 50.2 Å². The minimum absolute atomic E-state index is 0. The van der Waals surface area contributed by atoms with Crippen molar-refractivity contribution in [3.63, 3.8) is 0 Å². The summed E-state index contributed by atoms with van der Waals surface area (Å²) in [5.74, 6) is 1.68. The molecule has 1 aliphatic heterocycles. The highest BCUT2D eigenvalue weighted by Crippen LogP contribution is 2.17. The maximum absolute atomic E-state index is 5.95. The van der Waals surface area contributed by atoms with Crippen LogP contribution in [0.25, 0.3) is 0 Å². The Bertz CT molecular complexity index is 455. The molecule has 1 aromatic carbocycles. The molecule has 3 N–H and O–H groups in total. The largest absolute Gasteiger partial charge is 0.370 e. The number of thioether (sulfide) groups is 1. The molecular weight excluding hydrogens is 419 g/mol. The molecule has 1 atom stereocenters. The molecule has 23 heavy (non-hydrogen) atoms. The van der Waals surface area contributed by atoms with Crippen LogP contribution in [0.2, 0.25) is 0 Å². The number of nitrogens with two attached hydrogens (primary N) is 1. The summed E-state index contributed by atoms with van der Waals surface area (Å²) in [6.07, 6.45) is 3.62. The average Bonchev–Trinajstić information content (AvgIpc) is 3.01. The first-order chi connectivity index (χ1) is 10.8. The summed E-state index contributed by atoms with van der Waals surface area (Å²) in [6.45, 7) is 6.25. The molecule has 1 aliphatic rings. The number of likely N-dealkylation sites (N-methyl/N-ethyl adjacent to an activating group) is 1. The Balaban J connectivity index is 0.00000264. The number of nitrogens with one attached hydrogen (secondary N) is 1. The monoisotopic (exact) mass is 448 g/mol. The second-order valence-electron chi connectivity index (χ2n) is 5.59. The predicted octanol–water partition coefficient (Wildman–Crippen LogP) is 3.18. The maximum Gasteiger partial charge on any atom is 0.188 e. The normalized spacial score (nSPS) is 18.7. The second kappa shape index (κ2) is 12.0. The van der Waals surface area contributed by atoms with Crippen LogP contribution in [-0.2, 0) is 0 Å². The van der Waals surface area contributed by atoms with Gasteiger partial charge in [-0.25, -0.2) is 0 Å². The van der Waals surface area contributed by atoms with Gasteiger partial charge in [0.1, 0.15) is 0 Å². The van der Waals surface area contributed by atoms with E-state index in [1.807, 2.05) is 17.8 Å². The molecule has 1 unspecified atom stereocenters. The van der Waals surface area contributed by atoms with Crippen LogP contribution in [0.1, 0.15) is 26.2 Å². The summed E-state index contributed by atoms with van der Waals surface area (Å²) in [6, 6.07) is 11.1. The number of rotatable bonds is 8. The van der Waals surface area contributed by atoms with E-state index in [4.69, 9.17) is 5.73 Å². The second-order valence-corrected chi connectivity index (χ2v) is 6.76. The summed E-state index contributed by atoms with van der Waals surface area (Å²) in [4.78, 5) is 8.31. The zero-order valence-electron chi connectivity index (χ0n) is 13.9. The standard InChI is InChI=1S/C17H28N4S.HI/c1-2-21-12-6-8-15(21)14-20-17(18)19-11-7-13-22-16-9-4-3-5-10-16;/h3-5,9-10,15H,2,6-8,11-14H2,1H3,(H3,18,19,20);1H. The van der Waals surface area contributed by atoms with Gasteiger partial charge in [-0.3, -0.25) is 9.89 Å². The third-order valence-corrected chi connectivity index (χ3v) is 5.12. The van der Waals surface area contributed by atoms with Crippen molar-refractivity contribution in [3.8, 4) is 0 Å². The van der Waals surface area contributed by atoms with E-state index >= 15 is 0 Å². The van der Waals surface area contributed by atoms with Gasteiger partial charge in [-0.15, -0.1) is 35.7 Å². The van der Waals surface area contributed by atoms with Crippen molar-refractivity contribution >= 4 is 41.7 Å². The molecule has 0 radical (unpaired) electrons. The molecule has 6 heteroatoms. The van der Waals surface area contributed by atoms with Crippen LogP contribution in [0.3, 0.4) is 0 Å². The SMILES string of the molecule is CCN1CCCC1CN=C(N)NCCCSc1ccccc1.I. The van der Waals surface area contributed by atoms with Gasteiger partial charge in [-0.1, -0.05) is 25.1 Å². The highest BCUT2D eigenvalue weighted by molar-refractivity contribution is 14.0. The molecule has 0 saturated carbocycles. The van der Waals surface area contributed by atoms with Crippen molar-refractivity contribution in [2.24, 2.45) is 10.7 Å². The van der Waals surface area contributed by atoms with Gasteiger partial charge in [0.05, 0.1) is 6.54 Å². The van der Waals surface area contributed by atoms with Gasteiger partial charge in [0.15, 0.2) is 5.96 Å². The van der Waals surface area contributed by atoms with Gasteiger partial charge in [0.25, 0.3) is 0 Å². The molecule has 1 aromatic rings. The van der Waals surface area contributed by atoms with E-state index in [2.05, 4.69) is 46.4 Å². The fraction of sp³-hybridized carbons (Fsp3) is 0.588. The fourth-order valence-corrected chi connectivity index (χ4v) is 3.65. The maximum atomic E-state index is 5.95. The Labute approximate surface area is 161 Å². The van der Waals surface area contributed by atoms with Crippen LogP contribution in [0.15, 0.2) is 40.2 Å². The Morgan fingerprint density at radius 2 is 2.17 bits per heavy atom. The average molecular weight is 448 g/mol. The molecule has 0 spiro atoms. The zero-order chi connectivity index (χ0) is 15.6. The van der Waals surface area contributed by atoms with Crippen LogP contribution < -0.4 is 11.1 Å². The number of hydrogen-bond donors (Lipinski definition) is 2. The Morgan fingerprint density at radius 1 is 1.39 bits per heavy atom. The number of guanidine groups is 1. The van der Waals surface area contributed by atoms with Crippen molar-refractivity contribution in [1.82, 2.24) is 10.2 Å². The van der Waals surface area contributed by atoms with E-state index in [1.54, 1.807) is 0 Å². The van der Waals surface area contributed by atoms with Gasteiger partial charge < -0.3 is 11.1 Å². The Morgan fingerprint density at radius 3 is 2.91 bits per heavy atom. The molecule has 1 fully saturated rings. The van der Waals surface area contributed by atoms with E-state index in [9.17, 15) is 0 Å². The lowest BCUT2D eigenvalue weighted by Crippen LogP contribution is -2.36. The number of likely N-dealkylation sites (tertiary alicyclic amines) is 1. The lowest BCUT2D eigenvalue weighted by atomic mass is 10.2. The van der Waals surface area contributed by atoms with Crippen LogP contribution >= 0.6 is 35.7 Å². The first kappa shape index (κ1) is 20.6. The van der Waals surface area contributed by atoms with Crippen molar-refractivity contribution in [1.29, 1.82) is 0 Å². The van der Waals surface area contributed by atoms with E-state index < -0.39 is 0 Å². The van der Waals surface area contributed by atoms with E-state index in [0.717, 1.165) is 31.8 Å². The topological polar surface area (TPSA) is 53.6 Å². The summed E-state index contributed by atoms with van der Waals surface area (Å²) in [7, 11) is 0. The highest BCUT2D eigenvalue weighted by atomic mass is 127. The summed E-state index contributed by atoms with van der Waals surface area (Å²) in [5.41, 5.74) is 5.95. The van der Waals surface area contributed by atoms with Crippen LogP contribution in [-0.4, -0.2) is 48.8 Å². The van der Waals surface area contributed by atoms with Crippen molar-refractivity contribution in [2.75, 3.05) is 31.9 Å². The van der Waals surface area contributed by atoms with Gasteiger partial charge in [0.2, 0.25) is 0 Å². The number of nitrogens with zero attached hydrogens (tertiary/aromatic N) is 2. The third-order valence-electron chi connectivity index (χ3n) is 4.02. The molecule has 1 saturated heterocycles. The van der Waals surface area contributed by atoms with Crippen molar-refractivity contribution in [2.45, 2.75) is 37.1 Å². The van der Waals surface area contributed by atoms with Crippen LogP contribution in [0.4, 0.5) is 0 Å². The van der Waals surface area contributed by atoms with E-state index in [0.29, 0.717) is 12.0 Å². The third kappa shape index (κ3) is 7.76. The molecular formula is C17H29IN4S. The lowest BCUT2D eigenvalue weighted by molar-refractivity contribution is 0.273. The van der Waals surface area contributed by atoms with Crippen molar-refractivity contribution < 1.29 is 0 Å². The number of benzene rings is 1. The Hall–Kier alpha value is -0.470. The fourth-order valence-electron chi connectivity index (χ4n) is 2.77. The van der Waals surface area contributed by atoms with Crippen LogP contribution in [0.5, 0.6) is 0 Å². The lowest BCUT2D eigenvalue weighted by Gasteiger charge is -2.20. The smallest absolute Gasteiger partial charge is 0.188 e. The number of aliphatic imine (C=N–C) groups is 1. The molecule has 0 bridgehead atoms. The molecule has 4 nitrogen and oxygen atoms in total. The van der Waals surface area contributed by atoms with E-state index in [-0.39, 0.29) is 24.0 Å². The molecule has 0 aliphatic carbocycles. The molecule has 2 rings (SSSR count). The summed E-state index contributed by atoms with van der Waals surface area (Å²) in [5, 5.41) is 3.22. The molecule has 130 valence electrons. The van der Waals surface area contributed by atoms with Gasteiger partial charge >= 0.3 is 0 Å². The first-order valence-electron chi connectivity index (χ1n) is 8.25.